The molecule has 1 aromatic carbocycles. The lowest BCUT2D eigenvalue weighted by molar-refractivity contribution is 0.389. The highest BCUT2D eigenvalue weighted by atomic mass is 32.1. The van der Waals surface area contributed by atoms with Crippen LogP contribution in [-0.2, 0) is 0 Å². The summed E-state index contributed by atoms with van der Waals surface area (Å²) < 4.78 is 0. The van der Waals surface area contributed by atoms with Gasteiger partial charge in [0.1, 0.15) is 5.82 Å². The fraction of sp³-hybridized carbons (Fsp3) is 0.182. The number of pyridine rings is 3. The molecular weight excluding hydrogens is 380 g/mol. The minimum Gasteiger partial charge on any atom is -0.353 e. The summed E-state index contributed by atoms with van der Waals surface area (Å²) in [6.45, 7) is 3.50. The Morgan fingerprint density at radius 1 is 0.897 bits per heavy atom. The minimum atomic E-state index is 0.740. The molecule has 1 N–H and O–H groups in total. The second-order valence-corrected chi connectivity index (χ2v) is 7.40. The Morgan fingerprint density at radius 3 is 2.59 bits per heavy atom. The van der Waals surface area contributed by atoms with Crippen molar-refractivity contribution in [2.45, 2.75) is 0 Å². The van der Waals surface area contributed by atoms with Crippen molar-refractivity contribution in [3.8, 4) is 0 Å². The molecule has 0 saturated carbocycles. The van der Waals surface area contributed by atoms with Crippen LogP contribution in [0.1, 0.15) is 0 Å². The molecule has 1 fully saturated rings. The Labute approximate surface area is 174 Å². The van der Waals surface area contributed by atoms with Gasteiger partial charge in [0.15, 0.2) is 5.11 Å². The molecule has 0 atom stereocenters. The molecule has 0 spiro atoms. The Balaban J connectivity index is 1.36. The van der Waals surface area contributed by atoms with Gasteiger partial charge in [-0.2, -0.15) is 0 Å². The number of thiocarbonyl (C=S) groups is 1. The van der Waals surface area contributed by atoms with Crippen LogP contribution in [0, 0.1) is 0 Å². The first-order chi connectivity index (χ1) is 14.3. The minimum absolute atomic E-state index is 0.740. The summed E-state index contributed by atoms with van der Waals surface area (Å²) in [6, 6.07) is 14.2. The monoisotopic (exact) mass is 400 g/mol. The van der Waals surface area contributed by atoms with Gasteiger partial charge in [-0.05, 0) is 54.0 Å². The normalized spacial score (nSPS) is 14.3. The smallest absolute Gasteiger partial charge is 0.173 e. The second kappa shape index (κ2) is 7.60. The number of rotatable bonds is 2. The number of benzene rings is 1. The van der Waals surface area contributed by atoms with Crippen LogP contribution in [0.3, 0.4) is 0 Å². The first-order valence-corrected chi connectivity index (χ1v) is 10.0. The van der Waals surface area contributed by atoms with Gasteiger partial charge < -0.3 is 15.1 Å². The molecule has 4 aromatic rings. The molecule has 1 aliphatic heterocycles. The predicted octanol–water partition coefficient (Wildman–Crippen LogP) is 3.70. The summed E-state index contributed by atoms with van der Waals surface area (Å²) in [5.41, 5.74) is 1.91. The molecular formula is C22H20N6S. The molecule has 0 amide bonds. The van der Waals surface area contributed by atoms with Crippen LogP contribution in [-0.4, -0.2) is 51.1 Å². The van der Waals surface area contributed by atoms with Crippen LogP contribution < -0.4 is 10.2 Å². The lowest BCUT2D eigenvalue weighted by Gasteiger charge is -2.36. The van der Waals surface area contributed by atoms with Crippen molar-refractivity contribution < 1.29 is 0 Å². The van der Waals surface area contributed by atoms with Crippen LogP contribution in [0.25, 0.3) is 21.7 Å². The summed E-state index contributed by atoms with van der Waals surface area (Å²) in [6.07, 6.45) is 7.32. The van der Waals surface area contributed by atoms with E-state index in [0.717, 1.165) is 64.5 Å². The zero-order valence-electron chi connectivity index (χ0n) is 15.8. The van der Waals surface area contributed by atoms with Crippen molar-refractivity contribution in [1.82, 2.24) is 19.9 Å². The van der Waals surface area contributed by atoms with Crippen molar-refractivity contribution in [3.63, 3.8) is 0 Å². The molecule has 29 heavy (non-hydrogen) atoms. The third-order valence-electron chi connectivity index (χ3n) is 5.29. The Kier molecular flexibility index (Phi) is 4.65. The summed E-state index contributed by atoms with van der Waals surface area (Å²) in [5.74, 6) is 1.02. The highest BCUT2D eigenvalue weighted by Gasteiger charge is 2.20. The summed E-state index contributed by atoms with van der Waals surface area (Å²) in [4.78, 5) is 17.8. The molecule has 5 rings (SSSR count). The van der Waals surface area contributed by atoms with E-state index >= 15 is 0 Å². The molecule has 3 aromatic heterocycles. The maximum Gasteiger partial charge on any atom is 0.173 e. The van der Waals surface area contributed by atoms with E-state index in [1.807, 2.05) is 42.9 Å². The first kappa shape index (κ1) is 17.8. The van der Waals surface area contributed by atoms with Crippen LogP contribution in [0.4, 0.5) is 11.5 Å². The molecule has 1 saturated heterocycles. The zero-order valence-corrected chi connectivity index (χ0v) is 16.6. The SMILES string of the molecule is S=C(Nc1cc2ccncc2c2ncccc12)N1CCN(c2ccccn2)CC1. The van der Waals surface area contributed by atoms with E-state index in [2.05, 4.69) is 48.3 Å². The third-order valence-corrected chi connectivity index (χ3v) is 5.65. The van der Waals surface area contributed by atoms with Gasteiger partial charge in [0.05, 0.1) is 11.2 Å². The van der Waals surface area contributed by atoms with Gasteiger partial charge in [-0.3, -0.25) is 9.97 Å². The first-order valence-electron chi connectivity index (χ1n) is 9.63. The number of hydrogen-bond acceptors (Lipinski definition) is 5. The highest BCUT2D eigenvalue weighted by Crippen LogP contribution is 2.30. The van der Waals surface area contributed by atoms with E-state index in [1.54, 1.807) is 6.20 Å². The maximum absolute atomic E-state index is 5.74. The third kappa shape index (κ3) is 3.45. The quantitative estimate of drug-likeness (QED) is 0.407. The number of nitrogens with one attached hydrogen (secondary N) is 1. The molecule has 0 aliphatic carbocycles. The lowest BCUT2D eigenvalue weighted by atomic mass is 10.1. The van der Waals surface area contributed by atoms with Gasteiger partial charge in [0.25, 0.3) is 0 Å². The average molecular weight is 401 g/mol. The Hall–Kier alpha value is -3.32. The second-order valence-electron chi connectivity index (χ2n) is 7.01. The van der Waals surface area contributed by atoms with E-state index < -0.39 is 0 Å². The number of fused-ring (bicyclic) bond motifs is 3. The fourth-order valence-corrected chi connectivity index (χ4v) is 4.07. The molecule has 7 heteroatoms. The van der Waals surface area contributed by atoms with Crippen LogP contribution in [0.2, 0.25) is 0 Å². The van der Waals surface area contributed by atoms with Gasteiger partial charge in [-0.25, -0.2) is 4.98 Å². The van der Waals surface area contributed by atoms with Crippen molar-refractivity contribution in [2.24, 2.45) is 0 Å². The topological polar surface area (TPSA) is 57.2 Å². The Morgan fingerprint density at radius 2 is 1.76 bits per heavy atom. The number of anilines is 2. The molecule has 6 nitrogen and oxygen atoms in total. The van der Waals surface area contributed by atoms with E-state index in [9.17, 15) is 0 Å². The van der Waals surface area contributed by atoms with Crippen molar-refractivity contribution in [3.05, 3.63) is 67.3 Å². The number of aromatic nitrogens is 3. The van der Waals surface area contributed by atoms with Gasteiger partial charge >= 0.3 is 0 Å². The molecule has 4 heterocycles. The van der Waals surface area contributed by atoms with Gasteiger partial charge in [0.2, 0.25) is 0 Å². The lowest BCUT2D eigenvalue weighted by Crippen LogP contribution is -2.50. The average Bonchev–Trinajstić information content (AvgIpc) is 2.80. The van der Waals surface area contributed by atoms with Gasteiger partial charge in [-0.15, -0.1) is 0 Å². The van der Waals surface area contributed by atoms with E-state index in [-0.39, 0.29) is 0 Å². The van der Waals surface area contributed by atoms with Crippen molar-refractivity contribution in [2.75, 3.05) is 36.4 Å². The Bertz CT molecular complexity index is 1170. The molecule has 1 aliphatic rings. The summed E-state index contributed by atoms with van der Waals surface area (Å²) in [7, 11) is 0. The van der Waals surface area contributed by atoms with Crippen LogP contribution in [0.15, 0.2) is 67.3 Å². The number of piperazine rings is 1. The predicted molar refractivity (Wildman–Crippen MR) is 121 cm³/mol. The van der Waals surface area contributed by atoms with Crippen molar-refractivity contribution >= 4 is 50.5 Å². The fourth-order valence-electron chi connectivity index (χ4n) is 3.78. The molecule has 0 bridgehead atoms. The van der Waals surface area contributed by atoms with Crippen molar-refractivity contribution in [1.29, 1.82) is 0 Å². The standard InChI is InChI=1S/C22H20N6S/c29-22(28-12-10-27(11-13-28)20-5-1-2-7-24-20)26-19-14-16-6-9-23-15-18(16)21-17(19)4-3-8-25-21/h1-9,14-15H,10-13H2,(H,26,29). The summed E-state index contributed by atoms with van der Waals surface area (Å²) >= 11 is 5.74. The van der Waals surface area contributed by atoms with E-state index in [0.29, 0.717) is 0 Å². The largest absolute Gasteiger partial charge is 0.353 e. The summed E-state index contributed by atoms with van der Waals surface area (Å²) in [5, 5.41) is 7.39. The van der Waals surface area contributed by atoms with Gasteiger partial charge in [0, 0.05) is 61.7 Å². The van der Waals surface area contributed by atoms with E-state index in [4.69, 9.17) is 12.2 Å². The van der Waals surface area contributed by atoms with E-state index in [1.165, 1.54) is 0 Å². The number of hydrogen-bond donors (Lipinski definition) is 1. The maximum atomic E-state index is 5.74. The molecule has 0 unspecified atom stereocenters. The zero-order chi connectivity index (χ0) is 19.6. The van der Waals surface area contributed by atoms with Crippen LogP contribution in [0.5, 0.6) is 0 Å². The number of nitrogens with zero attached hydrogens (tertiary/aromatic N) is 5. The molecule has 0 radical (unpaired) electrons. The van der Waals surface area contributed by atoms with Crippen LogP contribution >= 0.6 is 12.2 Å². The highest BCUT2D eigenvalue weighted by molar-refractivity contribution is 7.80. The van der Waals surface area contributed by atoms with Gasteiger partial charge in [-0.1, -0.05) is 6.07 Å². The molecule has 144 valence electrons.